The van der Waals surface area contributed by atoms with Gasteiger partial charge in [0.15, 0.2) is 0 Å². The minimum Gasteiger partial charge on any atom is -0.399 e. The first kappa shape index (κ1) is 12.7. The van der Waals surface area contributed by atoms with Crippen molar-refractivity contribution in [2.45, 2.75) is 44.8 Å². The third kappa shape index (κ3) is 1.93. The lowest BCUT2D eigenvalue weighted by molar-refractivity contribution is 0.00578. The molecule has 3 nitrogen and oxygen atoms in total. The fraction of sp³-hybridized carbons (Fsp3) is 0.692. The fourth-order valence-electron chi connectivity index (χ4n) is 2.09. The van der Waals surface area contributed by atoms with E-state index in [0.29, 0.717) is 5.92 Å². The van der Waals surface area contributed by atoms with Crippen molar-refractivity contribution < 1.29 is 14.0 Å². The van der Waals surface area contributed by atoms with Crippen LogP contribution in [-0.4, -0.2) is 31.5 Å². The summed E-state index contributed by atoms with van der Waals surface area (Å²) in [4.78, 5) is 1.38. The van der Waals surface area contributed by atoms with E-state index in [1.54, 1.807) is 11.3 Å². The molecule has 0 saturated carbocycles. The van der Waals surface area contributed by atoms with Crippen LogP contribution in [0.2, 0.25) is 0 Å². The van der Waals surface area contributed by atoms with Crippen molar-refractivity contribution in [3.05, 3.63) is 16.3 Å². The Kier molecular flexibility index (Phi) is 2.86. The Bertz CT molecular complexity index is 435. The van der Waals surface area contributed by atoms with Gasteiger partial charge in [-0.05, 0) is 44.6 Å². The van der Waals surface area contributed by atoms with E-state index in [0.717, 1.165) is 18.7 Å². The number of rotatable bonds is 2. The summed E-state index contributed by atoms with van der Waals surface area (Å²) in [6.45, 7) is 10.0. The highest BCUT2D eigenvalue weighted by molar-refractivity contribution is 7.11. The van der Waals surface area contributed by atoms with Gasteiger partial charge in [-0.25, -0.2) is 0 Å². The molecule has 2 saturated heterocycles. The molecule has 1 aromatic rings. The van der Waals surface area contributed by atoms with Gasteiger partial charge in [0.05, 0.1) is 24.4 Å². The van der Waals surface area contributed by atoms with Crippen LogP contribution in [0.5, 0.6) is 0 Å². The van der Waals surface area contributed by atoms with Crippen LogP contribution < -0.4 is 5.46 Å². The van der Waals surface area contributed by atoms with Crippen molar-refractivity contribution in [3.63, 3.8) is 0 Å². The predicted octanol–water partition coefficient (Wildman–Crippen LogP) is 2.16. The molecule has 0 bridgehead atoms. The molecule has 2 fully saturated rings. The highest BCUT2D eigenvalue weighted by Gasteiger charge is 2.52. The highest BCUT2D eigenvalue weighted by Crippen LogP contribution is 2.37. The van der Waals surface area contributed by atoms with Crippen LogP contribution in [0, 0.1) is 0 Å². The second-order valence-corrected chi connectivity index (χ2v) is 7.05. The largest absolute Gasteiger partial charge is 0.495 e. The molecule has 0 amide bonds. The van der Waals surface area contributed by atoms with Crippen LogP contribution in [0.1, 0.15) is 38.5 Å². The number of hydrogen-bond acceptors (Lipinski definition) is 4. The molecular weight excluding hydrogens is 247 g/mol. The van der Waals surface area contributed by atoms with Crippen LogP contribution in [0.25, 0.3) is 0 Å². The van der Waals surface area contributed by atoms with Gasteiger partial charge in [0.25, 0.3) is 0 Å². The van der Waals surface area contributed by atoms with Crippen LogP contribution in [0.15, 0.2) is 11.4 Å². The molecule has 0 spiro atoms. The van der Waals surface area contributed by atoms with Crippen molar-refractivity contribution in [2.75, 3.05) is 13.2 Å². The van der Waals surface area contributed by atoms with Gasteiger partial charge in [0, 0.05) is 10.8 Å². The number of thiophene rings is 1. The molecule has 0 atom stereocenters. The van der Waals surface area contributed by atoms with Gasteiger partial charge < -0.3 is 14.0 Å². The maximum Gasteiger partial charge on any atom is 0.495 e. The van der Waals surface area contributed by atoms with Gasteiger partial charge in [-0.15, -0.1) is 11.3 Å². The zero-order valence-electron chi connectivity index (χ0n) is 11.4. The number of ether oxygens (including phenoxy) is 1. The van der Waals surface area contributed by atoms with E-state index in [-0.39, 0.29) is 18.3 Å². The molecule has 2 aliphatic heterocycles. The standard InChI is InChI=1S/C13H19BO3S/c1-12(2)13(3,4)17-14(16-12)10-5-11(18-8-10)9-6-15-7-9/h5,8-9H,6-7H2,1-4H3. The average Bonchev–Trinajstić information content (AvgIpc) is 2.68. The summed E-state index contributed by atoms with van der Waals surface area (Å²) in [5.41, 5.74) is 0.610. The maximum atomic E-state index is 6.05. The molecular formula is C13H19BO3S. The molecule has 98 valence electrons. The van der Waals surface area contributed by atoms with Crippen LogP contribution in [-0.2, 0) is 14.0 Å². The molecule has 2 aliphatic rings. The first-order valence-electron chi connectivity index (χ1n) is 6.41. The second kappa shape index (κ2) is 4.07. The lowest BCUT2D eigenvalue weighted by Gasteiger charge is -2.32. The summed E-state index contributed by atoms with van der Waals surface area (Å²) >= 11 is 1.78. The molecule has 0 unspecified atom stereocenters. The smallest absolute Gasteiger partial charge is 0.399 e. The average molecular weight is 266 g/mol. The molecule has 0 aliphatic carbocycles. The molecule has 1 aromatic heterocycles. The van der Waals surface area contributed by atoms with Crippen molar-refractivity contribution in [1.29, 1.82) is 0 Å². The van der Waals surface area contributed by atoms with Crippen molar-refractivity contribution in [1.82, 2.24) is 0 Å². The van der Waals surface area contributed by atoms with E-state index >= 15 is 0 Å². The van der Waals surface area contributed by atoms with Gasteiger partial charge in [0.2, 0.25) is 0 Å². The summed E-state index contributed by atoms with van der Waals surface area (Å²) in [5.74, 6) is 0.575. The lowest BCUT2D eigenvalue weighted by atomic mass is 9.81. The fourth-order valence-corrected chi connectivity index (χ4v) is 3.07. The van der Waals surface area contributed by atoms with E-state index in [1.165, 1.54) is 4.88 Å². The van der Waals surface area contributed by atoms with E-state index in [9.17, 15) is 0 Å². The molecule has 5 heteroatoms. The molecule has 0 N–H and O–H groups in total. The Morgan fingerprint density at radius 2 is 1.78 bits per heavy atom. The zero-order valence-corrected chi connectivity index (χ0v) is 12.2. The van der Waals surface area contributed by atoms with Gasteiger partial charge in [0.1, 0.15) is 0 Å². The Morgan fingerprint density at radius 3 is 2.28 bits per heavy atom. The Labute approximate surface area is 113 Å². The third-order valence-corrected chi connectivity index (χ3v) is 5.32. The van der Waals surface area contributed by atoms with Crippen molar-refractivity contribution >= 4 is 23.9 Å². The predicted molar refractivity (Wildman–Crippen MR) is 73.6 cm³/mol. The Morgan fingerprint density at radius 1 is 1.17 bits per heavy atom. The number of hydrogen-bond donors (Lipinski definition) is 0. The van der Waals surface area contributed by atoms with Crippen molar-refractivity contribution in [2.24, 2.45) is 0 Å². The van der Waals surface area contributed by atoms with Crippen LogP contribution in [0.4, 0.5) is 0 Å². The zero-order chi connectivity index (χ0) is 13.0. The lowest BCUT2D eigenvalue weighted by Crippen LogP contribution is -2.41. The molecule has 0 aromatic carbocycles. The minimum absolute atomic E-state index is 0.235. The molecule has 0 radical (unpaired) electrons. The summed E-state index contributed by atoms with van der Waals surface area (Å²) in [6.07, 6.45) is 0. The summed E-state index contributed by atoms with van der Waals surface area (Å²) in [7, 11) is -0.235. The topological polar surface area (TPSA) is 27.7 Å². The SMILES string of the molecule is CC1(C)OB(c2csc(C3COC3)c2)OC1(C)C. The highest BCUT2D eigenvalue weighted by atomic mass is 32.1. The van der Waals surface area contributed by atoms with Gasteiger partial charge in [-0.1, -0.05) is 0 Å². The summed E-state index contributed by atoms with van der Waals surface area (Å²) < 4.78 is 17.3. The minimum atomic E-state index is -0.265. The summed E-state index contributed by atoms with van der Waals surface area (Å²) in [6, 6.07) is 2.21. The van der Waals surface area contributed by atoms with Crippen LogP contribution in [0.3, 0.4) is 0 Å². The summed E-state index contributed by atoms with van der Waals surface area (Å²) in [5, 5.41) is 2.15. The molecule has 3 heterocycles. The molecule has 18 heavy (non-hydrogen) atoms. The van der Waals surface area contributed by atoms with E-state index < -0.39 is 0 Å². The van der Waals surface area contributed by atoms with E-state index in [2.05, 4.69) is 39.1 Å². The molecule has 3 rings (SSSR count). The normalized spacial score (nSPS) is 26.3. The van der Waals surface area contributed by atoms with Crippen LogP contribution >= 0.6 is 11.3 Å². The van der Waals surface area contributed by atoms with E-state index in [1.807, 2.05) is 0 Å². The van der Waals surface area contributed by atoms with Gasteiger partial charge >= 0.3 is 7.12 Å². The second-order valence-electron chi connectivity index (χ2n) is 6.11. The first-order chi connectivity index (χ1) is 8.39. The third-order valence-electron chi connectivity index (χ3n) is 4.21. The quantitative estimate of drug-likeness (QED) is 0.768. The van der Waals surface area contributed by atoms with Crippen molar-refractivity contribution in [3.8, 4) is 0 Å². The Hall–Kier alpha value is -0.355. The van der Waals surface area contributed by atoms with Gasteiger partial charge in [-0.2, -0.15) is 0 Å². The van der Waals surface area contributed by atoms with Gasteiger partial charge in [-0.3, -0.25) is 0 Å². The monoisotopic (exact) mass is 266 g/mol. The van der Waals surface area contributed by atoms with E-state index in [4.69, 9.17) is 14.0 Å². The first-order valence-corrected chi connectivity index (χ1v) is 7.29. The Balaban J connectivity index is 1.78. The maximum absolute atomic E-state index is 6.05.